The first kappa shape index (κ1) is 17.7. The molecule has 0 aromatic heterocycles. The number of hydrogen-bond donors (Lipinski definition) is 2. The number of urea groups is 1. The Kier molecular flexibility index (Phi) is 5.58. The fraction of sp³-hybridized carbons (Fsp3) is 0.579. The average molecular weight is 344 g/mol. The van der Waals surface area contributed by atoms with Gasteiger partial charge >= 0.3 is 6.03 Å². The van der Waals surface area contributed by atoms with Crippen LogP contribution in [-0.2, 0) is 4.79 Å². The molecule has 2 aliphatic heterocycles. The normalized spacial score (nSPS) is 24.9. The fourth-order valence-electron chi connectivity index (χ4n) is 3.62. The predicted molar refractivity (Wildman–Crippen MR) is 97.2 cm³/mol. The standard InChI is InChI=1S/C19H28N4O2/c1-14(2)22-10-12-23(13-11-22)19(25)20-16-8-9-17(24)21-18(16)15-6-4-3-5-7-15/h3-7,14,16,18H,8-13H2,1-2H3,(H,20,25)(H,21,24)/t16-,18+/m1/s1. The number of nitrogens with zero attached hydrogens (tertiary/aromatic N) is 2. The molecule has 3 rings (SSSR count). The number of rotatable bonds is 3. The molecule has 136 valence electrons. The van der Waals surface area contributed by atoms with Crippen LogP contribution in [0.5, 0.6) is 0 Å². The summed E-state index contributed by atoms with van der Waals surface area (Å²) in [5.41, 5.74) is 1.03. The van der Waals surface area contributed by atoms with Gasteiger partial charge in [0.25, 0.3) is 0 Å². The Bertz CT molecular complexity index is 597. The molecule has 6 nitrogen and oxygen atoms in total. The van der Waals surface area contributed by atoms with Crippen molar-refractivity contribution in [3.8, 4) is 0 Å². The second-order valence-electron chi connectivity index (χ2n) is 7.17. The maximum absolute atomic E-state index is 12.7. The molecule has 2 aliphatic rings. The Morgan fingerprint density at radius 1 is 1.16 bits per heavy atom. The zero-order chi connectivity index (χ0) is 17.8. The van der Waals surface area contributed by atoms with E-state index in [4.69, 9.17) is 0 Å². The molecule has 2 fully saturated rings. The Labute approximate surface area is 149 Å². The molecular formula is C19H28N4O2. The first-order valence-corrected chi connectivity index (χ1v) is 9.18. The number of carbonyl (C=O) groups is 2. The first-order valence-electron chi connectivity index (χ1n) is 9.18. The maximum atomic E-state index is 12.7. The number of nitrogens with one attached hydrogen (secondary N) is 2. The average Bonchev–Trinajstić information content (AvgIpc) is 2.64. The van der Waals surface area contributed by atoms with Gasteiger partial charge in [-0.05, 0) is 25.8 Å². The van der Waals surface area contributed by atoms with E-state index in [1.54, 1.807) is 0 Å². The quantitative estimate of drug-likeness (QED) is 0.878. The molecule has 1 aromatic carbocycles. The van der Waals surface area contributed by atoms with Gasteiger partial charge in [-0.2, -0.15) is 0 Å². The van der Waals surface area contributed by atoms with Crippen molar-refractivity contribution in [3.05, 3.63) is 35.9 Å². The summed E-state index contributed by atoms with van der Waals surface area (Å²) >= 11 is 0. The van der Waals surface area contributed by atoms with Crippen molar-refractivity contribution in [3.63, 3.8) is 0 Å². The van der Waals surface area contributed by atoms with Crippen LogP contribution < -0.4 is 10.6 Å². The Morgan fingerprint density at radius 3 is 2.48 bits per heavy atom. The largest absolute Gasteiger partial charge is 0.347 e. The summed E-state index contributed by atoms with van der Waals surface area (Å²) in [7, 11) is 0. The van der Waals surface area contributed by atoms with Crippen LogP contribution in [0, 0.1) is 0 Å². The third-order valence-corrected chi connectivity index (χ3v) is 5.20. The lowest BCUT2D eigenvalue weighted by Gasteiger charge is -2.39. The van der Waals surface area contributed by atoms with Gasteiger partial charge in [-0.25, -0.2) is 4.79 Å². The highest BCUT2D eigenvalue weighted by Crippen LogP contribution is 2.24. The molecule has 0 saturated carbocycles. The summed E-state index contributed by atoms with van der Waals surface area (Å²) in [5, 5.41) is 6.19. The van der Waals surface area contributed by atoms with Gasteiger partial charge in [-0.1, -0.05) is 30.3 Å². The Balaban J connectivity index is 1.62. The van der Waals surface area contributed by atoms with Crippen LogP contribution in [0.3, 0.4) is 0 Å². The molecule has 2 N–H and O–H groups in total. The number of benzene rings is 1. The Hall–Kier alpha value is -2.08. The zero-order valence-electron chi connectivity index (χ0n) is 15.1. The minimum absolute atomic E-state index is 0.0227. The molecule has 0 unspecified atom stereocenters. The molecule has 6 heteroatoms. The monoisotopic (exact) mass is 344 g/mol. The van der Waals surface area contributed by atoms with E-state index in [0.29, 0.717) is 18.9 Å². The van der Waals surface area contributed by atoms with Gasteiger partial charge in [0.05, 0.1) is 12.1 Å². The smallest absolute Gasteiger partial charge is 0.317 e. The van der Waals surface area contributed by atoms with Gasteiger partial charge in [0, 0.05) is 38.6 Å². The third kappa shape index (κ3) is 4.31. The molecule has 0 bridgehead atoms. The van der Waals surface area contributed by atoms with Crippen LogP contribution in [-0.4, -0.2) is 60.0 Å². The van der Waals surface area contributed by atoms with Crippen molar-refractivity contribution in [2.24, 2.45) is 0 Å². The van der Waals surface area contributed by atoms with E-state index in [9.17, 15) is 9.59 Å². The van der Waals surface area contributed by atoms with Crippen molar-refractivity contribution in [1.29, 1.82) is 0 Å². The first-order chi connectivity index (χ1) is 12.0. The van der Waals surface area contributed by atoms with Gasteiger partial charge in [-0.15, -0.1) is 0 Å². The number of piperazine rings is 1. The van der Waals surface area contributed by atoms with Crippen LogP contribution in [0.4, 0.5) is 4.79 Å². The van der Waals surface area contributed by atoms with Crippen molar-refractivity contribution in [2.75, 3.05) is 26.2 Å². The summed E-state index contributed by atoms with van der Waals surface area (Å²) in [6.45, 7) is 7.69. The molecule has 2 heterocycles. The number of carbonyl (C=O) groups excluding carboxylic acids is 2. The summed E-state index contributed by atoms with van der Waals surface area (Å²) in [5.74, 6) is 0.0462. The van der Waals surface area contributed by atoms with E-state index in [2.05, 4.69) is 29.4 Å². The van der Waals surface area contributed by atoms with E-state index in [0.717, 1.165) is 31.7 Å². The molecule has 3 amide bonds. The van der Waals surface area contributed by atoms with E-state index in [1.807, 2.05) is 35.2 Å². The molecule has 2 saturated heterocycles. The highest BCUT2D eigenvalue weighted by molar-refractivity contribution is 5.79. The van der Waals surface area contributed by atoms with Gasteiger partial charge < -0.3 is 15.5 Å². The molecule has 0 spiro atoms. The molecule has 0 aliphatic carbocycles. The number of amides is 3. The summed E-state index contributed by atoms with van der Waals surface area (Å²) in [6.07, 6.45) is 1.12. The van der Waals surface area contributed by atoms with Crippen LogP contribution in [0.15, 0.2) is 30.3 Å². The van der Waals surface area contributed by atoms with Gasteiger partial charge in [0.2, 0.25) is 5.91 Å². The third-order valence-electron chi connectivity index (χ3n) is 5.20. The lowest BCUT2D eigenvalue weighted by atomic mass is 9.92. The zero-order valence-corrected chi connectivity index (χ0v) is 15.1. The highest BCUT2D eigenvalue weighted by Gasteiger charge is 2.32. The number of piperidine rings is 1. The maximum Gasteiger partial charge on any atom is 0.317 e. The SMILES string of the molecule is CC(C)N1CCN(C(=O)N[C@@H]2CCC(=O)N[C@H]2c2ccccc2)CC1. The van der Waals surface area contributed by atoms with E-state index in [-0.39, 0.29) is 24.0 Å². The lowest BCUT2D eigenvalue weighted by Crippen LogP contribution is -2.57. The van der Waals surface area contributed by atoms with Crippen LogP contribution in [0.25, 0.3) is 0 Å². The van der Waals surface area contributed by atoms with Crippen molar-refractivity contribution < 1.29 is 9.59 Å². The van der Waals surface area contributed by atoms with Gasteiger partial charge in [-0.3, -0.25) is 9.69 Å². The van der Waals surface area contributed by atoms with E-state index < -0.39 is 0 Å². The van der Waals surface area contributed by atoms with Crippen molar-refractivity contribution >= 4 is 11.9 Å². The minimum atomic E-state index is -0.164. The summed E-state index contributed by atoms with van der Waals surface area (Å²) < 4.78 is 0. The number of hydrogen-bond acceptors (Lipinski definition) is 3. The van der Waals surface area contributed by atoms with E-state index in [1.165, 1.54) is 0 Å². The molecule has 0 radical (unpaired) electrons. The van der Waals surface area contributed by atoms with Gasteiger partial charge in [0.15, 0.2) is 0 Å². The van der Waals surface area contributed by atoms with Crippen LogP contribution >= 0.6 is 0 Å². The predicted octanol–water partition coefficient (Wildman–Crippen LogP) is 1.74. The molecule has 25 heavy (non-hydrogen) atoms. The van der Waals surface area contributed by atoms with E-state index >= 15 is 0 Å². The van der Waals surface area contributed by atoms with Crippen LogP contribution in [0.2, 0.25) is 0 Å². The summed E-state index contributed by atoms with van der Waals surface area (Å²) in [4.78, 5) is 28.8. The Morgan fingerprint density at radius 2 is 1.84 bits per heavy atom. The second kappa shape index (κ2) is 7.87. The van der Waals surface area contributed by atoms with Crippen LogP contribution in [0.1, 0.15) is 38.3 Å². The van der Waals surface area contributed by atoms with Crippen molar-refractivity contribution in [1.82, 2.24) is 20.4 Å². The minimum Gasteiger partial charge on any atom is -0.347 e. The van der Waals surface area contributed by atoms with Crippen molar-refractivity contribution in [2.45, 2.75) is 44.8 Å². The fourth-order valence-corrected chi connectivity index (χ4v) is 3.62. The highest BCUT2D eigenvalue weighted by atomic mass is 16.2. The molecule has 2 atom stereocenters. The molecule has 1 aromatic rings. The molecular weight excluding hydrogens is 316 g/mol. The second-order valence-corrected chi connectivity index (χ2v) is 7.17. The van der Waals surface area contributed by atoms with Gasteiger partial charge in [0.1, 0.15) is 0 Å². The topological polar surface area (TPSA) is 64.7 Å². The summed E-state index contributed by atoms with van der Waals surface area (Å²) in [6, 6.07) is 10.1. The lowest BCUT2D eigenvalue weighted by molar-refractivity contribution is -0.123.